The second-order valence-corrected chi connectivity index (χ2v) is 6.09. The van der Waals surface area contributed by atoms with Gasteiger partial charge in [0.05, 0.1) is 18.2 Å². The van der Waals surface area contributed by atoms with E-state index >= 15 is 0 Å². The summed E-state index contributed by atoms with van der Waals surface area (Å²) < 4.78 is 10.1. The lowest BCUT2D eigenvalue weighted by Crippen LogP contribution is -2.52. The van der Waals surface area contributed by atoms with Crippen LogP contribution in [0.2, 0.25) is 0 Å². The van der Waals surface area contributed by atoms with E-state index in [1.54, 1.807) is 31.7 Å². The molecule has 1 fully saturated rings. The molecule has 0 radical (unpaired) electrons. The molecule has 1 unspecified atom stereocenters. The summed E-state index contributed by atoms with van der Waals surface area (Å²) in [4.78, 5) is 26.9. The zero-order valence-electron chi connectivity index (χ0n) is 13.5. The summed E-state index contributed by atoms with van der Waals surface area (Å²) in [5, 5.41) is 7.03. The highest BCUT2D eigenvalue weighted by Gasteiger charge is 2.47. The zero-order valence-corrected chi connectivity index (χ0v) is 13.5. The van der Waals surface area contributed by atoms with Crippen LogP contribution in [0.3, 0.4) is 0 Å². The highest BCUT2D eigenvalue weighted by Crippen LogP contribution is 2.38. The van der Waals surface area contributed by atoms with Crippen LogP contribution >= 0.6 is 0 Å². The normalized spacial score (nSPS) is 17.2. The summed E-state index contributed by atoms with van der Waals surface area (Å²) in [6, 6.07) is 1.67. The summed E-state index contributed by atoms with van der Waals surface area (Å²) in [6.45, 7) is 8.04. The molecule has 1 aliphatic rings. The number of hydrogen-bond donors (Lipinski definition) is 1. The Kier molecular flexibility index (Phi) is 4.85. The standard InChI is InChI=1S/C15H23N3O4/c1-10-9-11(22-17-10)12(13(19)21-4)15(2,3)14(20)18-7-5-16-6-8-18/h9,12,16H,5-8H2,1-4H3. The molecular weight excluding hydrogens is 286 g/mol. The van der Waals surface area contributed by atoms with E-state index in [1.165, 1.54) is 7.11 Å². The molecule has 2 rings (SSSR count). The minimum atomic E-state index is -0.976. The average Bonchev–Trinajstić information content (AvgIpc) is 2.93. The lowest BCUT2D eigenvalue weighted by atomic mass is 9.75. The van der Waals surface area contributed by atoms with Crippen molar-refractivity contribution in [2.45, 2.75) is 26.7 Å². The number of hydrogen-bond acceptors (Lipinski definition) is 6. The van der Waals surface area contributed by atoms with E-state index in [9.17, 15) is 9.59 Å². The molecule has 7 heteroatoms. The maximum absolute atomic E-state index is 12.9. The minimum absolute atomic E-state index is 0.0848. The second kappa shape index (κ2) is 6.48. The molecule has 1 N–H and O–H groups in total. The Labute approximate surface area is 130 Å². The van der Waals surface area contributed by atoms with Crippen LogP contribution in [0, 0.1) is 12.3 Å². The zero-order chi connectivity index (χ0) is 16.3. The van der Waals surface area contributed by atoms with E-state index in [4.69, 9.17) is 9.26 Å². The SMILES string of the molecule is COC(=O)C(c1cc(C)no1)C(C)(C)C(=O)N1CCNCC1. The number of piperazine rings is 1. The number of ether oxygens (including phenoxy) is 1. The molecule has 1 amide bonds. The molecular formula is C15H23N3O4. The second-order valence-electron chi connectivity index (χ2n) is 6.09. The number of nitrogens with one attached hydrogen (secondary N) is 1. The van der Waals surface area contributed by atoms with Crippen molar-refractivity contribution >= 4 is 11.9 Å². The smallest absolute Gasteiger partial charge is 0.317 e. The van der Waals surface area contributed by atoms with Gasteiger partial charge in [0.2, 0.25) is 5.91 Å². The predicted molar refractivity (Wildman–Crippen MR) is 79.2 cm³/mol. The Balaban J connectivity index is 2.31. The van der Waals surface area contributed by atoms with Crippen molar-refractivity contribution in [3.63, 3.8) is 0 Å². The van der Waals surface area contributed by atoms with Crippen LogP contribution in [0.15, 0.2) is 10.6 Å². The molecule has 1 aromatic rings. The minimum Gasteiger partial charge on any atom is -0.468 e. The molecule has 0 spiro atoms. The summed E-state index contributed by atoms with van der Waals surface area (Å²) in [6.07, 6.45) is 0. The number of esters is 1. The Hall–Kier alpha value is -1.89. The van der Waals surface area contributed by atoms with Gasteiger partial charge in [0.1, 0.15) is 5.92 Å². The van der Waals surface area contributed by atoms with Gasteiger partial charge in [0, 0.05) is 32.2 Å². The maximum atomic E-state index is 12.9. The molecule has 0 saturated carbocycles. The molecule has 1 aromatic heterocycles. The third-order valence-electron chi connectivity index (χ3n) is 4.04. The van der Waals surface area contributed by atoms with E-state index in [2.05, 4.69) is 10.5 Å². The number of aryl methyl sites for hydroxylation is 1. The first-order valence-corrected chi connectivity index (χ1v) is 7.39. The topological polar surface area (TPSA) is 84.7 Å². The van der Waals surface area contributed by atoms with Gasteiger partial charge in [-0.2, -0.15) is 0 Å². The van der Waals surface area contributed by atoms with Crippen molar-refractivity contribution < 1.29 is 18.8 Å². The first-order valence-electron chi connectivity index (χ1n) is 7.39. The van der Waals surface area contributed by atoms with E-state index in [-0.39, 0.29) is 5.91 Å². The fourth-order valence-corrected chi connectivity index (χ4v) is 2.80. The van der Waals surface area contributed by atoms with Gasteiger partial charge in [0.15, 0.2) is 5.76 Å². The summed E-state index contributed by atoms with van der Waals surface area (Å²) in [5.74, 6) is -1.04. The van der Waals surface area contributed by atoms with E-state index in [1.807, 2.05) is 0 Å². The monoisotopic (exact) mass is 309 g/mol. The Morgan fingerprint density at radius 2 is 2.05 bits per heavy atom. The number of methoxy groups -OCH3 is 1. The Bertz CT molecular complexity index is 547. The molecule has 0 bridgehead atoms. The molecule has 7 nitrogen and oxygen atoms in total. The van der Waals surface area contributed by atoms with Crippen LogP contribution in [0.1, 0.15) is 31.2 Å². The lowest BCUT2D eigenvalue weighted by Gasteiger charge is -2.37. The van der Waals surface area contributed by atoms with Gasteiger partial charge in [-0.1, -0.05) is 5.16 Å². The predicted octanol–water partition coefficient (Wildman–Crippen LogP) is 0.698. The number of rotatable bonds is 4. The number of amides is 1. The number of carbonyl (C=O) groups excluding carboxylic acids is 2. The first-order chi connectivity index (χ1) is 10.4. The van der Waals surface area contributed by atoms with Gasteiger partial charge in [-0.3, -0.25) is 9.59 Å². The van der Waals surface area contributed by atoms with E-state index in [0.717, 1.165) is 13.1 Å². The summed E-state index contributed by atoms with van der Waals surface area (Å²) >= 11 is 0. The van der Waals surface area contributed by atoms with Crippen LogP contribution in [0.25, 0.3) is 0 Å². The van der Waals surface area contributed by atoms with Gasteiger partial charge in [-0.25, -0.2) is 0 Å². The summed E-state index contributed by atoms with van der Waals surface area (Å²) in [5.41, 5.74) is -0.314. The maximum Gasteiger partial charge on any atom is 0.317 e. The van der Waals surface area contributed by atoms with Crippen molar-refractivity contribution in [1.29, 1.82) is 0 Å². The van der Waals surface area contributed by atoms with Crippen molar-refractivity contribution in [3.8, 4) is 0 Å². The van der Waals surface area contributed by atoms with Crippen LogP contribution in [-0.2, 0) is 14.3 Å². The fourth-order valence-electron chi connectivity index (χ4n) is 2.80. The number of nitrogens with zero attached hydrogens (tertiary/aromatic N) is 2. The van der Waals surface area contributed by atoms with Crippen molar-refractivity contribution in [2.24, 2.45) is 5.41 Å². The van der Waals surface area contributed by atoms with Crippen LogP contribution in [0.5, 0.6) is 0 Å². The third kappa shape index (κ3) is 3.14. The van der Waals surface area contributed by atoms with E-state index in [0.29, 0.717) is 24.5 Å². The first kappa shape index (κ1) is 16.5. The van der Waals surface area contributed by atoms with E-state index < -0.39 is 17.3 Å². The molecule has 122 valence electrons. The molecule has 0 aliphatic carbocycles. The lowest BCUT2D eigenvalue weighted by molar-refractivity contribution is -0.154. The highest BCUT2D eigenvalue weighted by molar-refractivity contribution is 5.91. The van der Waals surface area contributed by atoms with Crippen LogP contribution in [0.4, 0.5) is 0 Å². The molecule has 2 heterocycles. The molecule has 1 atom stereocenters. The van der Waals surface area contributed by atoms with Gasteiger partial charge < -0.3 is 19.5 Å². The van der Waals surface area contributed by atoms with Gasteiger partial charge >= 0.3 is 5.97 Å². The van der Waals surface area contributed by atoms with Crippen molar-refractivity contribution in [2.75, 3.05) is 33.3 Å². The molecule has 22 heavy (non-hydrogen) atoms. The Morgan fingerprint density at radius 3 is 2.55 bits per heavy atom. The molecule has 1 aliphatic heterocycles. The van der Waals surface area contributed by atoms with Gasteiger partial charge in [-0.15, -0.1) is 0 Å². The fraction of sp³-hybridized carbons (Fsp3) is 0.667. The molecule has 0 aromatic carbocycles. The Morgan fingerprint density at radius 1 is 1.41 bits per heavy atom. The average molecular weight is 309 g/mol. The van der Waals surface area contributed by atoms with Gasteiger partial charge in [0.25, 0.3) is 0 Å². The largest absolute Gasteiger partial charge is 0.468 e. The van der Waals surface area contributed by atoms with Crippen LogP contribution in [-0.4, -0.2) is 55.2 Å². The number of aromatic nitrogens is 1. The third-order valence-corrected chi connectivity index (χ3v) is 4.04. The van der Waals surface area contributed by atoms with Crippen molar-refractivity contribution in [3.05, 3.63) is 17.5 Å². The quantitative estimate of drug-likeness (QED) is 0.824. The summed E-state index contributed by atoms with van der Waals surface area (Å²) in [7, 11) is 1.31. The number of carbonyl (C=O) groups is 2. The van der Waals surface area contributed by atoms with Crippen molar-refractivity contribution in [1.82, 2.24) is 15.4 Å². The van der Waals surface area contributed by atoms with Gasteiger partial charge in [-0.05, 0) is 20.8 Å². The highest BCUT2D eigenvalue weighted by atomic mass is 16.5. The molecule has 1 saturated heterocycles. The van der Waals surface area contributed by atoms with Crippen LogP contribution < -0.4 is 5.32 Å².